The molecule has 2 saturated heterocycles. The third-order valence-corrected chi connectivity index (χ3v) is 10.5. The van der Waals surface area contributed by atoms with Crippen molar-refractivity contribution in [3.63, 3.8) is 0 Å². The average molecular weight is 671 g/mol. The lowest BCUT2D eigenvalue weighted by molar-refractivity contribution is -0.274. The van der Waals surface area contributed by atoms with E-state index in [1.807, 2.05) is 4.90 Å². The van der Waals surface area contributed by atoms with Gasteiger partial charge in [0.25, 0.3) is 10.0 Å². The second-order valence-corrected chi connectivity index (χ2v) is 14.1. The van der Waals surface area contributed by atoms with Crippen molar-refractivity contribution in [2.45, 2.75) is 74.7 Å². The molecule has 17 heteroatoms. The molecule has 3 N–H and O–H groups in total. The molecule has 0 radical (unpaired) electrons. The number of anilines is 2. The fourth-order valence-corrected chi connectivity index (χ4v) is 7.90. The molecule has 5 rings (SSSR count). The van der Waals surface area contributed by atoms with Crippen molar-refractivity contribution in [3.8, 4) is 5.75 Å². The molecule has 3 aromatic rings. The van der Waals surface area contributed by atoms with Gasteiger partial charge in [0.1, 0.15) is 23.7 Å². The highest BCUT2D eigenvalue weighted by Gasteiger charge is 2.42. The van der Waals surface area contributed by atoms with Crippen LogP contribution in [-0.4, -0.2) is 79.3 Å². The van der Waals surface area contributed by atoms with Crippen molar-refractivity contribution in [1.82, 2.24) is 19.6 Å². The standard InChI is InChI=1S/C28H33F3N6O6S2/c1-16(2)42-26(39)21(6-5-18-13-17-7-9-33-24(32)19(17)14-22(18)43-28(29,30)31)37-12-8-20(25(37)38)35-45(40,41)23-15-34-27(44-23)36-10-3-4-11-36/h7,9,13-16,20-21,35H,3-6,8,10-12H2,1-2H3,(H2,32,33)/t20-,21?/m0/s1. The lowest BCUT2D eigenvalue weighted by Crippen LogP contribution is -2.48. The van der Waals surface area contributed by atoms with E-state index in [2.05, 4.69) is 19.4 Å². The van der Waals surface area contributed by atoms with Crippen LogP contribution in [0.2, 0.25) is 0 Å². The van der Waals surface area contributed by atoms with Crippen LogP contribution in [0.25, 0.3) is 10.8 Å². The first-order valence-corrected chi connectivity index (χ1v) is 16.7. The zero-order valence-corrected chi connectivity index (χ0v) is 26.2. The first-order valence-electron chi connectivity index (χ1n) is 14.4. The van der Waals surface area contributed by atoms with Crippen LogP contribution in [0.3, 0.4) is 0 Å². The summed E-state index contributed by atoms with van der Waals surface area (Å²) >= 11 is 1.01. The number of carbonyl (C=O) groups excluding carboxylic acids is 2. The number of hydrogen-bond donors (Lipinski definition) is 2. The molecular formula is C28H33F3N6O6S2. The molecule has 1 aromatic carbocycles. The number of nitrogens with zero attached hydrogens (tertiary/aromatic N) is 4. The van der Waals surface area contributed by atoms with Crippen molar-refractivity contribution < 1.29 is 40.7 Å². The number of thiazole rings is 1. The van der Waals surface area contributed by atoms with Crippen LogP contribution in [0, 0.1) is 0 Å². The number of esters is 1. The highest BCUT2D eigenvalue weighted by atomic mass is 32.2. The van der Waals surface area contributed by atoms with E-state index in [1.165, 1.54) is 23.4 Å². The number of amides is 1. The predicted octanol–water partition coefficient (Wildman–Crippen LogP) is 3.60. The SMILES string of the molecule is CC(C)OC(=O)C(CCc1cc2ccnc(N)c2cc1OC(F)(F)F)N1CC[C@H](NS(=O)(=O)c2cnc(N3CCCC3)s2)C1=O. The average Bonchev–Trinajstić information content (AvgIpc) is 3.71. The van der Waals surface area contributed by atoms with Gasteiger partial charge >= 0.3 is 12.3 Å². The Bertz CT molecular complexity index is 1680. The maximum atomic E-state index is 13.5. The van der Waals surface area contributed by atoms with Crippen molar-refractivity contribution >= 4 is 55.0 Å². The number of fused-ring (bicyclic) bond motifs is 1. The molecule has 12 nitrogen and oxygen atoms in total. The highest BCUT2D eigenvalue weighted by molar-refractivity contribution is 7.91. The molecule has 45 heavy (non-hydrogen) atoms. The van der Waals surface area contributed by atoms with Gasteiger partial charge in [-0.05, 0) is 75.1 Å². The molecule has 2 aromatic heterocycles. The Labute approximate surface area is 261 Å². The number of carbonyl (C=O) groups is 2. The Kier molecular flexibility index (Phi) is 9.41. The number of ether oxygens (including phenoxy) is 2. The Balaban J connectivity index is 1.35. The zero-order chi connectivity index (χ0) is 32.5. The van der Waals surface area contributed by atoms with Gasteiger partial charge in [0.15, 0.2) is 9.34 Å². The number of likely N-dealkylation sites (tertiary alicyclic amines) is 1. The molecule has 1 amide bonds. The summed E-state index contributed by atoms with van der Waals surface area (Å²) < 4.78 is 78.4. The van der Waals surface area contributed by atoms with E-state index in [9.17, 15) is 31.2 Å². The van der Waals surface area contributed by atoms with E-state index >= 15 is 0 Å². The number of aryl methyl sites for hydroxylation is 1. The van der Waals surface area contributed by atoms with Gasteiger partial charge in [-0.1, -0.05) is 11.3 Å². The fraction of sp³-hybridized carbons (Fsp3) is 0.500. The third kappa shape index (κ3) is 7.58. The number of alkyl halides is 3. The van der Waals surface area contributed by atoms with Gasteiger partial charge in [-0.25, -0.2) is 23.2 Å². The monoisotopic (exact) mass is 670 g/mol. The van der Waals surface area contributed by atoms with Gasteiger partial charge in [-0.3, -0.25) is 4.79 Å². The number of sulfonamides is 1. The molecule has 2 fully saturated rings. The largest absolute Gasteiger partial charge is 0.573 e. The van der Waals surface area contributed by atoms with Crippen LogP contribution >= 0.6 is 11.3 Å². The van der Waals surface area contributed by atoms with Crippen molar-refractivity contribution in [3.05, 3.63) is 36.2 Å². The van der Waals surface area contributed by atoms with E-state index in [0.29, 0.717) is 10.5 Å². The number of halogens is 3. The molecular weight excluding hydrogens is 637 g/mol. The van der Waals surface area contributed by atoms with Gasteiger partial charge in [-0.15, -0.1) is 13.2 Å². The van der Waals surface area contributed by atoms with Gasteiger partial charge in [0, 0.05) is 31.2 Å². The van der Waals surface area contributed by atoms with Gasteiger partial charge < -0.3 is 25.0 Å². The number of nitrogens with two attached hydrogens (primary N) is 1. The van der Waals surface area contributed by atoms with E-state index in [4.69, 9.17) is 10.5 Å². The minimum Gasteiger partial charge on any atom is -0.461 e. The van der Waals surface area contributed by atoms with Crippen molar-refractivity contribution in [2.24, 2.45) is 0 Å². The predicted molar refractivity (Wildman–Crippen MR) is 160 cm³/mol. The first kappa shape index (κ1) is 32.7. The molecule has 0 bridgehead atoms. The number of hydrogen-bond acceptors (Lipinski definition) is 11. The molecule has 0 saturated carbocycles. The third-order valence-electron chi connectivity index (χ3n) is 7.54. The Hall–Kier alpha value is -3.70. The molecule has 0 aliphatic carbocycles. The van der Waals surface area contributed by atoms with Crippen LogP contribution in [0.5, 0.6) is 5.75 Å². The van der Waals surface area contributed by atoms with Crippen LogP contribution in [-0.2, 0) is 30.8 Å². The molecule has 0 spiro atoms. The summed E-state index contributed by atoms with van der Waals surface area (Å²) in [6, 6.07) is 1.84. The number of aromatic nitrogens is 2. The summed E-state index contributed by atoms with van der Waals surface area (Å²) in [4.78, 5) is 38.1. The molecule has 2 aliphatic heterocycles. The van der Waals surface area contributed by atoms with Crippen LogP contribution in [0.1, 0.15) is 45.1 Å². The lowest BCUT2D eigenvalue weighted by Gasteiger charge is -2.28. The summed E-state index contributed by atoms with van der Waals surface area (Å²) in [6.45, 7) is 4.86. The molecule has 2 atom stereocenters. The molecule has 1 unspecified atom stereocenters. The second-order valence-electron chi connectivity index (χ2n) is 11.1. The number of pyridine rings is 1. The van der Waals surface area contributed by atoms with E-state index in [1.54, 1.807) is 19.9 Å². The topological polar surface area (TPSA) is 157 Å². The van der Waals surface area contributed by atoms with Gasteiger partial charge in [0.05, 0.1) is 12.3 Å². The smallest absolute Gasteiger partial charge is 0.461 e. The van der Waals surface area contributed by atoms with Crippen LogP contribution in [0.15, 0.2) is 34.8 Å². The van der Waals surface area contributed by atoms with Crippen molar-refractivity contribution in [1.29, 1.82) is 0 Å². The Morgan fingerprint density at radius 2 is 1.93 bits per heavy atom. The number of rotatable bonds is 11. The normalized spacial score (nSPS) is 18.3. The number of benzene rings is 1. The highest BCUT2D eigenvalue weighted by Crippen LogP contribution is 2.34. The zero-order valence-electron chi connectivity index (χ0n) is 24.5. The van der Waals surface area contributed by atoms with Gasteiger partial charge in [-0.2, -0.15) is 4.72 Å². The van der Waals surface area contributed by atoms with Crippen LogP contribution < -0.4 is 20.1 Å². The van der Waals surface area contributed by atoms with Crippen LogP contribution in [0.4, 0.5) is 24.1 Å². The van der Waals surface area contributed by atoms with E-state index in [0.717, 1.165) is 43.3 Å². The van der Waals surface area contributed by atoms with Crippen molar-refractivity contribution in [2.75, 3.05) is 30.3 Å². The Morgan fingerprint density at radius 1 is 1.20 bits per heavy atom. The maximum absolute atomic E-state index is 13.5. The minimum atomic E-state index is -5.00. The van der Waals surface area contributed by atoms with Gasteiger partial charge in [0.2, 0.25) is 5.91 Å². The van der Waals surface area contributed by atoms with E-state index < -0.39 is 52.2 Å². The number of nitrogen functional groups attached to an aromatic ring is 1. The quantitative estimate of drug-likeness (QED) is 0.289. The summed E-state index contributed by atoms with van der Waals surface area (Å²) in [5.41, 5.74) is 5.98. The maximum Gasteiger partial charge on any atom is 0.573 e. The summed E-state index contributed by atoms with van der Waals surface area (Å²) in [6.07, 6.45) is -1.03. The molecule has 4 heterocycles. The Morgan fingerprint density at radius 3 is 2.62 bits per heavy atom. The summed E-state index contributed by atoms with van der Waals surface area (Å²) in [5.74, 6) is -1.89. The molecule has 244 valence electrons. The summed E-state index contributed by atoms with van der Waals surface area (Å²) in [7, 11) is -4.10. The molecule has 2 aliphatic rings. The first-order chi connectivity index (χ1) is 21.2. The minimum absolute atomic E-state index is 0.0196. The lowest BCUT2D eigenvalue weighted by atomic mass is 10.00. The fourth-order valence-electron chi connectivity index (χ4n) is 5.49. The summed E-state index contributed by atoms with van der Waals surface area (Å²) in [5, 5.41) is 1.36. The number of nitrogens with one attached hydrogen (secondary N) is 1. The van der Waals surface area contributed by atoms with E-state index in [-0.39, 0.29) is 46.8 Å². The second kappa shape index (κ2) is 13.0.